The maximum atomic E-state index is 12.8. The number of imidazole rings is 1. The molecule has 3 rings (SSSR count). The third kappa shape index (κ3) is 4.24. The monoisotopic (exact) mass is 420 g/mol. The second-order valence-corrected chi connectivity index (χ2v) is 8.34. The van der Waals surface area contributed by atoms with Gasteiger partial charge in [-0.25, -0.2) is 14.2 Å². The van der Waals surface area contributed by atoms with Crippen molar-refractivity contribution in [3.63, 3.8) is 0 Å². The van der Waals surface area contributed by atoms with E-state index in [0.717, 1.165) is 33.5 Å². The van der Waals surface area contributed by atoms with E-state index in [0.29, 0.717) is 11.8 Å². The van der Waals surface area contributed by atoms with Gasteiger partial charge in [-0.2, -0.15) is 0 Å². The third-order valence-corrected chi connectivity index (χ3v) is 5.35. The molecule has 1 aliphatic heterocycles. The molecule has 1 saturated heterocycles. The van der Waals surface area contributed by atoms with E-state index in [1.54, 1.807) is 17.7 Å². The zero-order valence-electron chi connectivity index (χ0n) is 17.9. The van der Waals surface area contributed by atoms with Crippen molar-refractivity contribution in [3.8, 4) is 5.75 Å². The van der Waals surface area contributed by atoms with Gasteiger partial charge in [0.05, 0.1) is 13.7 Å². The maximum absolute atomic E-state index is 12.8. The number of rotatable bonds is 5. The van der Waals surface area contributed by atoms with Crippen LogP contribution in [0.4, 0.5) is 0 Å². The second kappa shape index (κ2) is 8.19. The average molecular weight is 420 g/mol. The number of methoxy groups -OCH3 is 1. The number of piperidine rings is 1. The fourth-order valence-corrected chi connectivity index (χ4v) is 4.13. The lowest BCUT2D eigenvalue weighted by atomic mass is 9.90. The van der Waals surface area contributed by atoms with Crippen molar-refractivity contribution < 1.29 is 24.2 Å². The minimum absolute atomic E-state index is 0.128. The number of aliphatic hydroxyl groups is 1. The van der Waals surface area contributed by atoms with E-state index in [9.17, 15) is 19.5 Å². The molecule has 1 fully saturated rings. The normalized spacial score (nSPS) is 21.9. The van der Waals surface area contributed by atoms with Gasteiger partial charge in [-0.15, -0.1) is 0 Å². The van der Waals surface area contributed by atoms with Gasteiger partial charge in [0.2, 0.25) is 17.2 Å². The predicted octanol–water partition coefficient (Wildman–Crippen LogP) is 0.894. The topological polar surface area (TPSA) is 115 Å². The highest BCUT2D eigenvalue weighted by Crippen LogP contribution is 2.27. The molecule has 30 heavy (non-hydrogen) atoms. The van der Waals surface area contributed by atoms with Crippen LogP contribution in [0.3, 0.4) is 0 Å². The Morgan fingerprint density at radius 1 is 1.27 bits per heavy atom. The lowest BCUT2D eigenvalue weighted by Gasteiger charge is -2.44. The molecule has 1 aliphatic rings. The van der Waals surface area contributed by atoms with Gasteiger partial charge in [-0.1, -0.05) is 13.8 Å². The van der Waals surface area contributed by atoms with Crippen molar-refractivity contribution in [2.75, 3.05) is 20.2 Å². The number of nitrogens with zero attached hydrogens (tertiary/aromatic N) is 4. The van der Waals surface area contributed by atoms with Gasteiger partial charge in [0.1, 0.15) is 5.72 Å². The van der Waals surface area contributed by atoms with Crippen LogP contribution in [0.25, 0.3) is 5.78 Å². The van der Waals surface area contributed by atoms with E-state index >= 15 is 0 Å². The summed E-state index contributed by atoms with van der Waals surface area (Å²) in [5.41, 5.74) is -2.30. The molecule has 2 aromatic rings. The molecular weight excluding hydrogens is 392 g/mol. The maximum Gasteiger partial charge on any atom is 0.360 e. The fraction of sp³-hybridized carbons (Fsp3) is 0.600. The number of ether oxygens (including phenoxy) is 2. The molecule has 0 aromatic carbocycles. The van der Waals surface area contributed by atoms with Gasteiger partial charge in [0.25, 0.3) is 0 Å². The van der Waals surface area contributed by atoms with Gasteiger partial charge in [0, 0.05) is 32.4 Å². The molecule has 3 atom stereocenters. The Kier molecular flexibility index (Phi) is 6.00. The van der Waals surface area contributed by atoms with E-state index < -0.39 is 34.7 Å². The summed E-state index contributed by atoms with van der Waals surface area (Å²) in [7, 11) is 1.14. The number of aromatic nitrogens is 3. The van der Waals surface area contributed by atoms with Gasteiger partial charge in [-0.3, -0.25) is 14.5 Å². The third-order valence-electron chi connectivity index (χ3n) is 5.35. The average Bonchev–Trinajstić information content (AvgIpc) is 3.04. The molecule has 10 heteroatoms. The van der Waals surface area contributed by atoms with Crippen LogP contribution in [0, 0.1) is 11.8 Å². The van der Waals surface area contributed by atoms with Crippen LogP contribution in [0.15, 0.2) is 17.2 Å². The van der Waals surface area contributed by atoms with Crippen LogP contribution in [-0.4, -0.2) is 61.8 Å². The Bertz CT molecular complexity index is 1010. The first-order valence-electron chi connectivity index (χ1n) is 9.89. The Morgan fingerprint density at radius 2 is 1.90 bits per heavy atom. The first-order valence-corrected chi connectivity index (χ1v) is 9.89. The number of carbonyl (C=O) groups is 2. The summed E-state index contributed by atoms with van der Waals surface area (Å²) in [5, 5.41) is 11.2. The molecule has 3 heterocycles. The molecule has 0 aliphatic carbocycles. The highest BCUT2D eigenvalue weighted by Gasteiger charge is 2.35. The first-order chi connectivity index (χ1) is 14.0. The van der Waals surface area contributed by atoms with Gasteiger partial charge < -0.3 is 19.1 Å². The van der Waals surface area contributed by atoms with Crippen LogP contribution in [0.1, 0.15) is 44.6 Å². The SMILES string of the molecule is COC(=O)c1nc2n(CC(C)(O)N3CC(C)CC(C)C3)ccn2c(=O)c1OC(C)=O. The molecule has 0 saturated carbocycles. The summed E-state index contributed by atoms with van der Waals surface area (Å²) < 4.78 is 12.4. The van der Waals surface area contributed by atoms with Crippen LogP contribution in [0.5, 0.6) is 5.75 Å². The summed E-state index contributed by atoms with van der Waals surface area (Å²) in [4.78, 5) is 42.6. The van der Waals surface area contributed by atoms with Crippen LogP contribution in [0.2, 0.25) is 0 Å². The quantitative estimate of drug-likeness (QED) is 0.710. The number of hydrogen-bond acceptors (Lipinski definition) is 8. The first kappa shape index (κ1) is 22.0. The van der Waals surface area contributed by atoms with Crippen LogP contribution >= 0.6 is 0 Å². The molecule has 10 nitrogen and oxygen atoms in total. The zero-order chi connectivity index (χ0) is 22.2. The highest BCUT2D eigenvalue weighted by atomic mass is 16.5. The smallest absolute Gasteiger partial charge is 0.360 e. The highest BCUT2D eigenvalue weighted by molar-refractivity contribution is 5.91. The Labute approximate surface area is 174 Å². The molecule has 164 valence electrons. The molecule has 0 amide bonds. The Hall–Kier alpha value is -2.72. The van der Waals surface area contributed by atoms with E-state index in [4.69, 9.17) is 9.47 Å². The van der Waals surface area contributed by atoms with Crippen molar-refractivity contribution in [3.05, 3.63) is 28.4 Å². The zero-order valence-corrected chi connectivity index (χ0v) is 17.9. The van der Waals surface area contributed by atoms with Crippen LogP contribution in [-0.2, 0) is 16.1 Å². The van der Waals surface area contributed by atoms with E-state index in [2.05, 4.69) is 18.8 Å². The minimum Gasteiger partial charge on any atom is -0.464 e. The number of hydrogen-bond donors (Lipinski definition) is 1. The van der Waals surface area contributed by atoms with Gasteiger partial charge in [-0.05, 0) is 25.2 Å². The van der Waals surface area contributed by atoms with Crippen molar-refractivity contribution in [2.45, 2.75) is 46.4 Å². The Morgan fingerprint density at radius 3 is 2.47 bits per heavy atom. The summed E-state index contributed by atoms with van der Waals surface area (Å²) in [6.45, 7) is 8.80. The predicted molar refractivity (Wildman–Crippen MR) is 107 cm³/mol. The van der Waals surface area contributed by atoms with Crippen molar-refractivity contribution in [2.24, 2.45) is 11.8 Å². The largest absolute Gasteiger partial charge is 0.464 e. The summed E-state index contributed by atoms with van der Waals surface area (Å²) in [6, 6.07) is 0. The second-order valence-electron chi connectivity index (χ2n) is 8.34. The minimum atomic E-state index is -1.19. The van der Waals surface area contributed by atoms with Crippen molar-refractivity contribution >= 4 is 17.7 Å². The molecule has 0 radical (unpaired) electrons. The van der Waals surface area contributed by atoms with Crippen LogP contribution < -0.4 is 10.3 Å². The van der Waals surface area contributed by atoms with E-state index in [1.165, 1.54) is 10.6 Å². The van der Waals surface area contributed by atoms with Gasteiger partial charge >= 0.3 is 17.5 Å². The standard InChI is InChI=1S/C20H28N4O6/c1-12-8-13(2)10-23(9-12)20(4,28)11-22-6-7-24-17(26)16(30-14(3)25)15(18(27)29-5)21-19(22)24/h6-7,12-13,28H,8-11H2,1-5H3. The fourth-order valence-electron chi connectivity index (χ4n) is 4.13. The van der Waals surface area contributed by atoms with Crippen molar-refractivity contribution in [1.29, 1.82) is 0 Å². The Balaban J connectivity index is 2.03. The van der Waals surface area contributed by atoms with E-state index in [-0.39, 0.29) is 12.3 Å². The molecule has 3 unspecified atom stereocenters. The molecule has 0 bridgehead atoms. The number of fused-ring (bicyclic) bond motifs is 1. The van der Waals surface area contributed by atoms with E-state index in [1.807, 2.05) is 4.90 Å². The van der Waals surface area contributed by atoms with Gasteiger partial charge in [0.15, 0.2) is 0 Å². The number of esters is 2. The summed E-state index contributed by atoms with van der Waals surface area (Å²) >= 11 is 0. The summed E-state index contributed by atoms with van der Waals surface area (Å²) in [6.07, 6.45) is 4.15. The molecule has 1 N–H and O–H groups in total. The number of likely N-dealkylation sites (tertiary alicyclic amines) is 1. The lowest BCUT2D eigenvalue weighted by molar-refractivity contribution is -0.132. The molecule has 0 spiro atoms. The lowest BCUT2D eigenvalue weighted by Crippen LogP contribution is -2.54. The number of carbonyl (C=O) groups excluding carboxylic acids is 2. The molecular formula is C20H28N4O6. The van der Waals surface area contributed by atoms with Crippen molar-refractivity contribution in [1.82, 2.24) is 18.9 Å². The summed E-state index contributed by atoms with van der Waals surface area (Å²) in [5.74, 6) is -1.09. The molecule has 2 aromatic heterocycles.